The van der Waals surface area contributed by atoms with Gasteiger partial charge in [0.1, 0.15) is 5.41 Å². The standard InChI is InChI=1S/C10H19NO4/c1-6(2)10(4,15)5-9(3,7(11)12)8(13)14/h6,15H,5H2,1-4H3,(H2,11,12)(H,13,14). The fourth-order valence-corrected chi connectivity index (χ4v) is 1.19. The van der Waals surface area contributed by atoms with Crippen LogP contribution in [0, 0.1) is 11.3 Å². The van der Waals surface area contributed by atoms with Crippen molar-refractivity contribution in [2.24, 2.45) is 17.1 Å². The number of hydrogen-bond donors (Lipinski definition) is 3. The largest absolute Gasteiger partial charge is 0.480 e. The van der Waals surface area contributed by atoms with E-state index in [4.69, 9.17) is 10.8 Å². The van der Waals surface area contributed by atoms with Gasteiger partial charge < -0.3 is 15.9 Å². The number of carbonyl (C=O) groups excluding carboxylic acids is 1. The lowest BCUT2D eigenvalue weighted by molar-refractivity contribution is -0.159. The minimum atomic E-state index is -1.73. The Morgan fingerprint density at radius 3 is 1.93 bits per heavy atom. The van der Waals surface area contributed by atoms with Gasteiger partial charge in [0.15, 0.2) is 0 Å². The molecule has 2 unspecified atom stereocenters. The molecule has 0 radical (unpaired) electrons. The van der Waals surface area contributed by atoms with Crippen LogP contribution in [0.2, 0.25) is 0 Å². The molecule has 0 fully saturated rings. The van der Waals surface area contributed by atoms with E-state index < -0.39 is 22.9 Å². The molecule has 0 aliphatic heterocycles. The van der Waals surface area contributed by atoms with Crippen molar-refractivity contribution in [1.29, 1.82) is 0 Å². The molecule has 0 spiro atoms. The lowest BCUT2D eigenvalue weighted by atomic mass is 9.74. The van der Waals surface area contributed by atoms with E-state index in [1.54, 1.807) is 13.8 Å². The van der Waals surface area contributed by atoms with Gasteiger partial charge >= 0.3 is 5.97 Å². The summed E-state index contributed by atoms with van der Waals surface area (Å²) in [7, 11) is 0. The lowest BCUT2D eigenvalue weighted by Gasteiger charge is -2.34. The van der Waals surface area contributed by atoms with E-state index >= 15 is 0 Å². The van der Waals surface area contributed by atoms with Gasteiger partial charge in [0, 0.05) is 6.42 Å². The quantitative estimate of drug-likeness (QED) is 0.579. The normalized spacial score (nSPS) is 19.3. The number of carboxylic acid groups (broad SMARTS) is 1. The molecule has 0 heterocycles. The van der Waals surface area contributed by atoms with Gasteiger partial charge in [0.25, 0.3) is 0 Å². The maximum absolute atomic E-state index is 11.1. The van der Waals surface area contributed by atoms with Crippen LogP contribution in [0.3, 0.4) is 0 Å². The van der Waals surface area contributed by atoms with Crippen molar-refractivity contribution in [3.63, 3.8) is 0 Å². The summed E-state index contributed by atoms with van der Waals surface area (Å²) in [4.78, 5) is 22.0. The fourth-order valence-electron chi connectivity index (χ4n) is 1.19. The summed E-state index contributed by atoms with van der Waals surface area (Å²) in [5.74, 6) is -2.40. The zero-order valence-corrected chi connectivity index (χ0v) is 9.57. The van der Waals surface area contributed by atoms with Crippen molar-refractivity contribution in [3.05, 3.63) is 0 Å². The van der Waals surface area contributed by atoms with E-state index in [1.807, 2.05) is 0 Å². The molecular weight excluding hydrogens is 198 g/mol. The number of aliphatic carboxylic acids is 1. The third-order valence-corrected chi connectivity index (χ3v) is 2.97. The first kappa shape index (κ1) is 13.9. The number of hydrogen-bond acceptors (Lipinski definition) is 3. The summed E-state index contributed by atoms with van der Waals surface area (Å²) in [6.45, 7) is 6.24. The number of carboxylic acids is 1. The predicted octanol–water partition coefficient (Wildman–Crippen LogP) is 0.360. The monoisotopic (exact) mass is 217 g/mol. The number of rotatable bonds is 5. The van der Waals surface area contributed by atoms with Crippen molar-refractivity contribution in [2.45, 2.75) is 39.7 Å². The third-order valence-electron chi connectivity index (χ3n) is 2.97. The molecule has 88 valence electrons. The van der Waals surface area contributed by atoms with Crippen LogP contribution in [-0.4, -0.2) is 27.7 Å². The smallest absolute Gasteiger partial charge is 0.319 e. The SMILES string of the molecule is CC(C)C(C)(O)CC(C)(C(N)=O)C(=O)O. The molecule has 4 N–H and O–H groups in total. The van der Waals surface area contributed by atoms with Gasteiger partial charge in [-0.15, -0.1) is 0 Å². The van der Waals surface area contributed by atoms with Crippen molar-refractivity contribution in [2.75, 3.05) is 0 Å². The van der Waals surface area contributed by atoms with Crippen molar-refractivity contribution < 1.29 is 19.8 Å². The summed E-state index contributed by atoms with van der Waals surface area (Å²) in [5.41, 5.74) is 2.09. The van der Waals surface area contributed by atoms with Crippen LogP contribution in [-0.2, 0) is 9.59 Å². The average molecular weight is 217 g/mol. The van der Waals surface area contributed by atoms with Crippen LogP contribution < -0.4 is 5.73 Å². The Morgan fingerprint density at radius 1 is 1.33 bits per heavy atom. The van der Waals surface area contributed by atoms with Crippen LogP contribution in [0.1, 0.15) is 34.1 Å². The molecule has 1 amide bonds. The molecule has 0 rings (SSSR count). The number of aliphatic hydroxyl groups is 1. The van der Waals surface area contributed by atoms with Crippen LogP contribution in [0.4, 0.5) is 0 Å². The highest BCUT2D eigenvalue weighted by atomic mass is 16.4. The highest BCUT2D eigenvalue weighted by molar-refractivity contribution is 6.00. The average Bonchev–Trinajstić information content (AvgIpc) is 2.02. The first-order valence-corrected chi connectivity index (χ1v) is 4.79. The highest BCUT2D eigenvalue weighted by Gasteiger charge is 2.45. The zero-order valence-electron chi connectivity index (χ0n) is 9.57. The molecule has 5 nitrogen and oxygen atoms in total. The molecular formula is C10H19NO4. The number of carbonyl (C=O) groups is 2. The minimum absolute atomic E-state index is 0.157. The second kappa shape index (κ2) is 4.18. The van der Waals surface area contributed by atoms with E-state index in [-0.39, 0.29) is 12.3 Å². The number of amides is 1. The Hall–Kier alpha value is -1.10. The summed E-state index contributed by atoms with van der Waals surface area (Å²) in [6.07, 6.45) is -0.192. The maximum Gasteiger partial charge on any atom is 0.319 e. The van der Waals surface area contributed by atoms with Gasteiger partial charge in [-0.25, -0.2) is 0 Å². The van der Waals surface area contributed by atoms with Crippen molar-refractivity contribution >= 4 is 11.9 Å². The Balaban J connectivity index is 5.02. The van der Waals surface area contributed by atoms with Crippen LogP contribution in [0.5, 0.6) is 0 Å². The van der Waals surface area contributed by atoms with Crippen LogP contribution >= 0.6 is 0 Å². The van der Waals surface area contributed by atoms with E-state index in [1.165, 1.54) is 13.8 Å². The van der Waals surface area contributed by atoms with Gasteiger partial charge in [-0.3, -0.25) is 9.59 Å². The molecule has 0 aromatic heterocycles. The second-order valence-corrected chi connectivity index (χ2v) is 4.69. The maximum atomic E-state index is 11.1. The first-order chi connectivity index (χ1) is 6.54. The second-order valence-electron chi connectivity index (χ2n) is 4.69. The third kappa shape index (κ3) is 2.92. The number of nitrogens with two attached hydrogens (primary N) is 1. The molecule has 0 bridgehead atoms. The van der Waals surface area contributed by atoms with Crippen molar-refractivity contribution in [1.82, 2.24) is 0 Å². The Kier molecular flexibility index (Phi) is 3.88. The molecule has 2 atom stereocenters. The molecule has 0 aliphatic rings. The fraction of sp³-hybridized carbons (Fsp3) is 0.800. The predicted molar refractivity (Wildman–Crippen MR) is 55.0 cm³/mol. The zero-order chi connectivity index (χ0) is 12.4. The van der Waals surface area contributed by atoms with E-state index in [9.17, 15) is 14.7 Å². The first-order valence-electron chi connectivity index (χ1n) is 4.79. The van der Waals surface area contributed by atoms with Crippen LogP contribution in [0.15, 0.2) is 0 Å². The Bertz CT molecular complexity index is 257. The lowest BCUT2D eigenvalue weighted by Crippen LogP contribution is -2.48. The van der Waals surface area contributed by atoms with Crippen molar-refractivity contribution in [3.8, 4) is 0 Å². The molecule has 5 heteroatoms. The minimum Gasteiger partial charge on any atom is -0.480 e. The molecule has 0 saturated heterocycles. The summed E-state index contributed by atoms with van der Waals surface area (Å²) < 4.78 is 0. The molecule has 0 saturated carbocycles. The Labute approximate surface area is 89.3 Å². The van der Waals surface area contributed by atoms with Gasteiger partial charge in [0.2, 0.25) is 5.91 Å². The van der Waals surface area contributed by atoms with Gasteiger partial charge in [-0.1, -0.05) is 13.8 Å². The summed E-state index contributed by atoms with van der Waals surface area (Å²) >= 11 is 0. The van der Waals surface area contributed by atoms with Crippen LogP contribution in [0.25, 0.3) is 0 Å². The number of primary amides is 1. The van der Waals surface area contributed by atoms with Gasteiger partial charge in [0.05, 0.1) is 5.60 Å². The van der Waals surface area contributed by atoms with Gasteiger partial charge in [-0.2, -0.15) is 0 Å². The Morgan fingerprint density at radius 2 is 1.73 bits per heavy atom. The van der Waals surface area contributed by atoms with E-state index in [0.717, 1.165) is 0 Å². The molecule has 0 aromatic carbocycles. The molecule has 0 aromatic rings. The summed E-state index contributed by atoms with van der Waals surface area (Å²) in [6, 6.07) is 0. The summed E-state index contributed by atoms with van der Waals surface area (Å²) in [5, 5.41) is 18.9. The van der Waals surface area contributed by atoms with Gasteiger partial charge in [-0.05, 0) is 19.8 Å². The topological polar surface area (TPSA) is 101 Å². The molecule has 15 heavy (non-hydrogen) atoms. The molecule has 0 aliphatic carbocycles. The van der Waals surface area contributed by atoms with E-state index in [0.29, 0.717) is 0 Å². The van der Waals surface area contributed by atoms with E-state index in [2.05, 4.69) is 0 Å². The highest BCUT2D eigenvalue weighted by Crippen LogP contribution is 2.32.